The first-order chi connectivity index (χ1) is 8.68. The van der Waals surface area contributed by atoms with Gasteiger partial charge in [-0.05, 0) is 68.3 Å². The minimum Gasteiger partial charge on any atom is -0.330 e. The lowest BCUT2D eigenvalue weighted by atomic mass is 10.3. The molecule has 5 heteroatoms. The Morgan fingerprint density at radius 3 is 2.33 bits per heavy atom. The number of aromatic amines is 1. The minimum absolute atomic E-state index is 0.684. The summed E-state index contributed by atoms with van der Waals surface area (Å²) in [4.78, 5) is 3.22. The van der Waals surface area contributed by atoms with Gasteiger partial charge in [0.1, 0.15) is 0 Å². The SMILES string of the molecule is S=c1[nH]c2ccccc2n1-c1c(Br)cccc1Br. The number of fused-ring (bicyclic) bond motifs is 1. The molecular formula is C13H8Br2N2S. The molecule has 18 heavy (non-hydrogen) atoms. The molecule has 0 amide bonds. The topological polar surface area (TPSA) is 20.7 Å². The molecular weight excluding hydrogens is 376 g/mol. The summed E-state index contributed by atoms with van der Waals surface area (Å²) < 4.78 is 4.71. The standard InChI is InChI=1S/C13H8Br2N2S/c14-8-4-3-5-9(15)12(8)17-11-7-2-1-6-10(11)16-13(17)18/h1-7H,(H,16,18). The van der Waals surface area contributed by atoms with Crippen molar-refractivity contribution in [2.24, 2.45) is 0 Å². The van der Waals surface area contributed by atoms with Crippen LogP contribution in [0.1, 0.15) is 0 Å². The summed E-state index contributed by atoms with van der Waals surface area (Å²) in [6.45, 7) is 0. The van der Waals surface area contributed by atoms with Crippen molar-refractivity contribution >= 4 is 55.1 Å². The third-order valence-electron chi connectivity index (χ3n) is 2.75. The number of para-hydroxylation sites is 3. The third kappa shape index (κ3) is 1.86. The third-order valence-corrected chi connectivity index (χ3v) is 4.32. The van der Waals surface area contributed by atoms with E-state index in [0.717, 1.165) is 25.7 Å². The van der Waals surface area contributed by atoms with Crippen molar-refractivity contribution < 1.29 is 0 Å². The highest BCUT2D eigenvalue weighted by molar-refractivity contribution is 9.11. The quantitative estimate of drug-likeness (QED) is 0.571. The molecule has 0 saturated heterocycles. The van der Waals surface area contributed by atoms with Crippen molar-refractivity contribution in [3.63, 3.8) is 0 Å². The zero-order valence-corrected chi connectivity index (χ0v) is 13.1. The van der Waals surface area contributed by atoms with Crippen molar-refractivity contribution in [3.05, 3.63) is 56.2 Å². The Kier molecular flexibility index (Phi) is 3.13. The largest absolute Gasteiger partial charge is 0.330 e. The van der Waals surface area contributed by atoms with Gasteiger partial charge >= 0.3 is 0 Å². The molecule has 90 valence electrons. The molecule has 1 heterocycles. The predicted molar refractivity (Wildman–Crippen MR) is 83.9 cm³/mol. The summed E-state index contributed by atoms with van der Waals surface area (Å²) in [7, 11) is 0. The van der Waals surface area contributed by atoms with E-state index in [1.165, 1.54) is 0 Å². The Bertz CT molecular complexity index is 769. The fraction of sp³-hybridized carbons (Fsp3) is 0. The fourth-order valence-corrected chi connectivity index (χ4v) is 3.63. The van der Waals surface area contributed by atoms with Crippen LogP contribution >= 0.6 is 44.1 Å². The maximum absolute atomic E-state index is 5.42. The molecule has 2 aromatic carbocycles. The lowest BCUT2D eigenvalue weighted by molar-refractivity contribution is 1.05. The highest BCUT2D eigenvalue weighted by atomic mass is 79.9. The maximum Gasteiger partial charge on any atom is 0.182 e. The number of imidazole rings is 1. The van der Waals surface area contributed by atoms with E-state index in [2.05, 4.69) is 36.8 Å². The normalized spacial score (nSPS) is 11.0. The van der Waals surface area contributed by atoms with E-state index in [4.69, 9.17) is 12.2 Å². The number of halogens is 2. The highest BCUT2D eigenvalue weighted by Crippen LogP contribution is 2.31. The van der Waals surface area contributed by atoms with Crippen LogP contribution in [0.2, 0.25) is 0 Å². The van der Waals surface area contributed by atoms with Gasteiger partial charge in [-0.1, -0.05) is 18.2 Å². The van der Waals surface area contributed by atoms with Crippen molar-refractivity contribution in [1.82, 2.24) is 9.55 Å². The summed E-state index contributed by atoms with van der Waals surface area (Å²) >= 11 is 12.6. The molecule has 0 unspecified atom stereocenters. The second-order valence-corrected chi connectivity index (χ2v) is 5.95. The van der Waals surface area contributed by atoms with E-state index >= 15 is 0 Å². The maximum atomic E-state index is 5.42. The number of hydrogen-bond acceptors (Lipinski definition) is 1. The van der Waals surface area contributed by atoms with Gasteiger partial charge in [-0.3, -0.25) is 4.57 Å². The number of hydrogen-bond donors (Lipinski definition) is 1. The van der Waals surface area contributed by atoms with E-state index in [-0.39, 0.29) is 0 Å². The zero-order valence-electron chi connectivity index (χ0n) is 9.15. The van der Waals surface area contributed by atoms with Gasteiger partial charge in [0.2, 0.25) is 0 Å². The van der Waals surface area contributed by atoms with Gasteiger partial charge in [-0.25, -0.2) is 0 Å². The van der Waals surface area contributed by atoms with Crippen molar-refractivity contribution in [2.75, 3.05) is 0 Å². The Labute approximate surface area is 126 Å². The average molecular weight is 384 g/mol. The van der Waals surface area contributed by atoms with Crippen LogP contribution in [0.25, 0.3) is 16.7 Å². The Morgan fingerprint density at radius 2 is 1.61 bits per heavy atom. The van der Waals surface area contributed by atoms with Gasteiger partial charge in [0.25, 0.3) is 0 Å². The summed E-state index contributed by atoms with van der Waals surface area (Å²) in [6.07, 6.45) is 0. The average Bonchev–Trinajstić information content (AvgIpc) is 2.66. The van der Waals surface area contributed by atoms with Crippen LogP contribution < -0.4 is 0 Å². The van der Waals surface area contributed by atoms with Crippen LogP contribution in [0.4, 0.5) is 0 Å². The lowest BCUT2D eigenvalue weighted by Gasteiger charge is -2.09. The summed E-state index contributed by atoms with van der Waals surface area (Å²) in [5, 5.41) is 0. The molecule has 0 aliphatic heterocycles. The second kappa shape index (κ2) is 4.64. The first-order valence-corrected chi connectivity index (χ1v) is 7.32. The van der Waals surface area contributed by atoms with Gasteiger partial charge in [-0.15, -0.1) is 0 Å². The molecule has 0 radical (unpaired) electrons. The van der Waals surface area contributed by atoms with Crippen LogP contribution in [-0.4, -0.2) is 9.55 Å². The fourth-order valence-electron chi connectivity index (χ4n) is 1.98. The molecule has 0 spiro atoms. The molecule has 0 aliphatic rings. The van der Waals surface area contributed by atoms with Crippen LogP contribution in [0.15, 0.2) is 51.4 Å². The van der Waals surface area contributed by atoms with Gasteiger partial charge in [0.15, 0.2) is 4.77 Å². The van der Waals surface area contributed by atoms with Crippen LogP contribution in [0.3, 0.4) is 0 Å². The van der Waals surface area contributed by atoms with E-state index in [9.17, 15) is 0 Å². The number of nitrogens with zero attached hydrogens (tertiary/aromatic N) is 1. The van der Waals surface area contributed by atoms with E-state index in [1.54, 1.807) is 0 Å². The summed E-state index contributed by atoms with van der Waals surface area (Å²) in [5.41, 5.74) is 3.11. The van der Waals surface area contributed by atoms with E-state index < -0.39 is 0 Å². The number of nitrogens with one attached hydrogen (secondary N) is 1. The monoisotopic (exact) mass is 382 g/mol. The molecule has 0 fully saturated rings. The molecule has 3 rings (SSSR count). The first kappa shape index (κ1) is 12.1. The van der Waals surface area contributed by atoms with Gasteiger partial charge in [-0.2, -0.15) is 0 Å². The van der Waals surface area contributed by atoms with Gasteiger partial charge < -0.3 is 4.98 Å². The molecule has 0 bridgehead atoms. The van der Waals surface area contributed by atoms with Crippen LogP contribution in [0.5, 0.6) is 0 Å². The molecule has 0 atom stereocenters. The number of rotatable bonds is 1. The van der Waals surface area contributed by atoms with Crippen LogP contribution in [0, 0.1) is 4.77 Å². The van der Waals surface area contributed by atoms with Crippen LogP contribution in [-0.2, 0) is 0 Å². The Balaban J connectivity index is 2.46. The highest BCUT2D eigenvalue weighted by Gasteiger charge is 2.11. The van der Waals surface area contributed by atoms with Crippen molar-refractivity contribution in [3.8, 4) is 5.69 Å². The lowest BCUT2D eigenvalue weighted by Crippen LogP contribution is -1.96. The summed E-state index contributed by atoms with van der Waals surface area (Å²) in [6, 6.07) is 14.1. The number of aromatic nitrogens is 2. The van der Waals surface area contributed by atoms with Gasteiger partial charge in [0, 0.05) is 8.95 Å². The molecule has 2 nitrogen and oxygen atoms in total. The molecule has 1 aromatic heterocycles. The Morgan fingerprint density at radius 1 is 0.944 bits per heavy atom. The predicted octanol–water partition coefficient (Wildman–Crippen LogP) is 5.21. The Hall–Kier alpha value is -0.910. The molecule has 3 aromatic rings. The molecule has 1 N–H and O–H groups in total. The number of H-pyrrole nitrogens is 1. The minimum atomic E-state index is 0.684. The van der Waals surface area contributed by atoms with Gasteiger partial charge in [0.05, 0.1) is 16.7 Å². The molecule has 0 aliphatic carbocycles. The molecule has 0 saturated carbocycles. The van der Waals surface area contributed by atoms with Crippen molar-refractivity contribution in [2.45, 2.75) is 0 Å². The smallest absolute Gasteiger partial charge is 0.182 e. The van der Waals surface area contributed by atoms with Crippen molar-refractivity contribution in [1.29, 1.82) is 0 Å². The van der Waals surface area contributed by atoms with E-state index in [1.807, 2.05) is 47.0 Å². The number of benzene rings is 2. The second-order valence-electron chi connectivity index (χ2n) is 3.85. The summed E-state index contributed by atoms with van der Waals surface area (Å²) in [5.74, 6) is 0. The van der Waals surface area contributed by atoms with E-state index in [0.29, 0.717) is 4.77 Å². The first-order valence-electron chi connectivity index (χ1n) is 5.32. The zero-order chi connectivity index (χ0) is 12.7.